The van der Waals surface area contributed by atoms with Gasteiger partial charge in [0, 0.05) is 17.6 Å². The average Bonchev–Trinajstić information content (AvgIpc) is 2.95. The Morgan fingerprint density at radius 2 is 2.16 bits per heavy atom. The maximum atomic E-state index is 12.8. The molecule has 1 heterocycles. The van der Waals surface area contributed by atoms with Crippen LogP contribution in [0.15, 0.2) is 40.4 Å². The molecule has 0 amide bonds. The van der Waals surface area contributed by atoms with Gasteiger partial charge in [0.25, 0.3) is 0 Å². The molecule has 2 rings (SSSR count). The van der Waals surface area contributed by atoms with Crippen LogP contribution >= 0.6 is 23.4 Å². The van der Waals surface area contributed by atoms with Crippen molar-refractivity contribution >= 4 is 29.1 Å². The van der Waals surface area contributed by atoms with Crippen molar-refractivity contribution in [1.82, 2.24) is 4.90 Å². The number of carbonyl (C=O) groups excluding carboxylic acids is 1. The highest BCUT2D eigenvalue weighted by molar-refractivity contribution is 8.06. The third kappa shape index (κ3) is 4.81. The van der Waals surface area contributed by atoms with E-state index < -0.39 is 5.60 Å². The fourth-order valence-electron chi connectivity index (χ4n) is 2.56. The number of carbonyl (C=O) groups is 1. The van der Waals surface area contributed by atoms with Gasteiger partial charge in [0.15, 0.2) is 5.78 Å². The number of ketones is 1. The average molecular weight is 382 g/mol. The molecule has 1 aliphatic rings. The summed E-state index contributed by atoms with van der Waals surface area (Å²) >= 11 is 7.47. The summed E-state index contributed by atoms with van der Waals surface area (Å²) in [7, 11) is 1.53. The first-order valence-corrected chi connectivity index (χ1v) is 9.50. The third-order valence-electron chi connectivity index (χ3n) is 3.89. The van der Waals surface area contributed by atoms with Crippen LogP contribution in [-0.4, -0.2) is 35.0 Å². The van der Waals surface area contributed by atoms with E-state index in [9.17, 15) is 9.90 Å². The predicted octanol–water partition coefficient (Wildman–Crippen LogP) is 4.83. The summed E-state index contributed by atoms with van der Waals surface area (Å²) in [4.78, 5) is 14.8. The van der Waals surface area contributed by atoms with E-state index in [1.165, 1.54) is 18.9 Å². The third-order valence-corrected chi connectivity index (χ3v) is 5.05. The van der Waals surface area contributed by atoms with E-state index in [1.807, 2.05) is 10.3 Å². The number of unbranched alkanes of at least 4 members (excludes halogenated alkanes) is 1. The van der Waals surface area contributed by atoms with Crippen molar-refractivity contribution in [2.75, 3.05) is 13.7 Å². The molecule has 0 spiro atoms. The molecule has 0 bridgehead atoms. The molecule has 0 unspecified atom stereocenters. The fraction of sp³-hybridized carbons (Fsp3) is 0.421. The molecule has 4 nitrogen and oxygen atoms in total. The SMILES string of the molecule is CCCCN1C(=CC(=O)c2cc(Cl)ccc2OC)SC=C1C(C)(C)O. The zero-order chi connectivity index (χ0) is 18.6. The minimum atomic E-state index is -0.965. The number of ether oxygens (including phenoxy) is 1. The van der Waals surface area contributed by atoms with E-state index in [0.717, 1.165) is 30.1 Å². The molecule has 1 aromatic rings. The number of aliphatic hydroxyl groups is 1. The van der Waals surface area contributed by atoms with Gasteiger partial charge < -0.3 is 14.7 Å². The van der Waals surface area contributed by atoms with E-state index in [4.69, 9.17) is 16.3 Å². The molecule has 0 radical (unpaired) electrons. The van der Waals surface area contributed by atoms with Crippen LogP contribution in [0.25, 0.3) is 0 Å². The summed E-state index contributed by atoms with van der Waals surface area (Å²) in [6, 6.07) is 4.99. The highest BCUT2D eigenvalue weighted by atomic mass is 35.5. The first-order chi connectivity index (χ1) is 11.8. The van der Waals surface area contributed by atoms with Gasteiger partial charge in [-0.3, -0.25) is 4.79 Å². The molecule has 6 heteroatoms. The van der Waals surface area contributed by atoms with Crippen molar-refractivity contribution in [3.8, 4) is 5.75 Å². The number of benzene rings is 1. The van der Waals surface area contributed by atoms with Crippen LogP contribution in [-0.2, 0) is 0 Å². The minimum Gasteiger partial charge on any atom is -0.496 e. The van der Waals surface area contributed by atoms with Gasteiger partial charge in [0.05, 0.1) is 29.0 Å². The monoisotopic (exact) mass is 381 g/mol. The highest BCUT2D eigenvalue weighted by Crippen LogP contribution is 2.40. The van der Waals surface area contributed by atoms with E-state index in [-0.39, 0.29) is 5.78 Å². The smallest absolute Gasteiger partial charge is 0.192 e. The zero-order valence-electron chi connectivity index (χ0n) is 15.0. The molecule has 0 aromatic heterocycles. The second-order valence-electron chi connectivity index (χ2n) is 6.38. The Balaban J connectivity index is 2.33. The minimum absolute atomic E-state index is 0.172. The Morgan fingerprint density at radius 1 is 1.44 bits per heavy atom. The molecular formula is C19H24ClNO3S. The topological polar surface area (TPSA) is 49.8 Å². The Morgan fingerprint density at radius 3 is 2.76 bits per heavy atom. The normalized spacial score (nSPS) is 16.3. The van der Waals surface area contributed by atoms with Gasteiger partial charge in [0.1, 0.15) is 5.75 Å². The first kappa shape index (κ1) is 19.9. The van der Waals surface area contributed by atoms with Crippen LogP contribution in [0.2, 0.25) is 5.02 Å². The molecule has 1 aliphatic heterocycles. The maximum absolute atomic E-state index is 12.8. The van der Waals surface area contributed by atoms with Crippen molar-refractivity contribution in [1.29, 1.82) is 0 Å². The number of methoxy groups -OCH3 is 1. The maximum Gasteiger partial charge on any atom is 0.192 e. The molecule has 0 fully saturated rings. The van der Waals surface area contributed by atoms with E-state index in [2.05, 4.69) is 6.92 Å². The van der Waals surface area contributed by atoms with E-state index >= 15 is 0 Å². The summed E-state index contributed by atoms with van der Waals surface area (Å²) in [5.41, 5.74) is 0.269. The quantitative estimate of drug-likeness (QED) is 0.541. The molecule has 1 aromatic carbocycles. The molecule has 0 saturated carbocycles. The summed E-state index contributed by atoms with van der Waals surface area (Å²) < 4.78 is 5.27. The van der Waals surface area contributed by atoms with Crippen molar-refractivity contribution in [2.45, 2.75) is 39.2 Å². The lowest BCUT2D eigenvalue weighted by Crippen LogP contribution is -2.33. The van der Waals surface area contributed by atoms with Crippen LogP contribution in [0.1, 0.15) is 44.0 Å². The van der Waals surface area contributed by atoms with Crippen LogP contribution < -0.4 is 4.74 Å². The number of hydrogen-bond acceptors (Lipinski definition) is 5. The first-order valence-electron chi connectivity index (χ1n) is 8.24. The summed E-state index contributed by atoms with van der Waals surface area (Å²) in [6.07, 6.45) is 3.59. The Labute approximate surface area is 158 Å². The molecule has 1 N–H and O–H groups in total. The molecular weight excluding hydrogens is 358 g/mol. The molecule has 136 valence electrons. The largest absolute Gasteiger partial charge is 0.496 e. The van der Waals surface area contributed by atoms with Crippen LogP contribution in [0.4, 0.5) is 0 Å². The lowest BCUT2D eigenvalue weighted by molar-refractivity contribution is 0.0917. The summed E-state index contributed by atoms with van der Waals surface area (Å²) in [6.45, 7) is 6.37. The summed E-state index contributed by atoms with van der Waals surface area (Å²) in [5, 5.41) is 13.6. The molecule has 0 saturated heterocycles. The van der Waals surface area contributed by atoms with Crippen molar-refractivity contribution in [3.05, 3.63) is 51.0 Å². The fourth-order valence-corrected chi connectivity index (χ4v) is 3.87. The zero-order valence-corrected chi connectivity index (χ0v) is 16.6. The van der Waals surface area contributed by atoms with Crippen LogP contribution in [0.5, 0.6) is 5.75 Å². The highest BCUT2D eigenvalue weighted by Gasteiger charge is 2.31. The number of allylic oxidation sites excluding steroid dienone is 1. The number of halogens is 1. The number of rotatable bonds is 7. The van der Waals surface area contributed by atoms with Crippen molar-refractivity contribution < 1.29 is 14.6 Å². The van der Waals surface area contributed by atoms with Gasteiger partial charge in [0.2, 0.25) is 0 Å². The predicted molar refractivity (Wildman–Crippen MR) is 104 cm³/mol. The van der Waals surface area contributed by atoms with Crippen LogP contribution in [0, 0.1) is 0 Å². The lowest BCUT2D eigenvalue weighted by atomic mass is 10.0. The van der Waals surface area contributed by atoms with Crippen molar-refractivity contribution in [2.24, 2.45) is 0 Å². The van der Waals surface area contributed by atoms with E-state index in [0.29, 0.717) is 16.3 Å². The Hall–Kier alpha value is -1.43. The number of thioether (sulfide) groups is 1. The number of hydrogen-bond donors (Lipinski definition) is 1. The van der Waals surface area contributed by atoms with Gasteiger partial charge >= 0.3 is 0 Å². The van der Waals surface area contributed by atoms with Gasteiger partial charge in [-0.05, 0) is 43.9 Å². The second kappa shape index (κ2) is 8.30. The standard InChI is InChI=1S/C19H24ClNO3S/c1-5-6-9-21-17(19(2,3)23)12-25-18(21)11-15(22)14-10-13(20)7-8-16(14)24-4/h7-8,10-12,23H,5-6,9H2,1-4H3. The molecule has 0 atom stereocenters. The van der Waals surface area contributed by atoms with Gasteiger partial charge in [-0.2, -0.15) is 0 Å². The van der Waals surface area contributed by atoms with Gasteiger partial charge in [-0.25, -0.2) is 0 Å². The van der Waals surface area contributed by atoms with Gasteiger partial charge in [-0.1, -0.05) is 36.7 Å². The lowest BCUT2D eigenvalue weighted by Gasteiger charge is -2.30. The van der Waals surface area contributed by atoms with Gasteiger partial charge in [-0.15, -0.1) is 0 Å². The summed E-state index contributed by atoms with van der Waals surface area (Å²) in [5.74, 6) is 0.318. The molecule has 25 heavy (non-hydrogen) atoms. The van der Waals surface area contributed by atoms with Crippen LogP contribution in [0.3, 0.4) is 0 Å². The number of nitrogens with zero attached hydrogens (tertiary/aromatic N) is 1. The van der Waals surface area contributed by atoms with E-state index in [1.54, 1.807) is 38.1 Å². The Kier molecular flexibility index (Phi) is 6.60. The Bertz CT molecular complexity index is 707. The van der Waals surface area contributed by atoms with Crippen molar-refractivity contribution in [3.63, 3.8) is 0 Å². The second-order valence-corrected chi connectivity index (χ2v) is 7.70. The molecule has 0 aliphatic carbocycles.